The maximum absolute atomic E-state index is 11.0. The largest absolute Gasteiger partial charge is 0.463 e. The van der Waals surface area contributed by atoms with Gasteiger partial charge in [-0.1, -0.05) is 18.3 Å². The number of methoxy groups -OCH3 is 1. The highest BCUT2D eigenvalue weighted by molar-refractivity contribution is 5.82. The van der Waals surface area contributed by atoms with Crippen molar-refractivity contribution in [2.75, 3.05) is 13.7 Å². The fraction of sp³-hybridized carbons (Fsp3) is 0.643. The zero-order chi connectivity index (χ0) is 12.6. The van der Waals surface area contributed by atoms with E-state index in [1.807, 2.05) is 0 Å². The molecule has 0 aromatic rings. The lowest BCUT2D eigenvalue weighted by Gasteiger charge is -2.30. The first-order valence-corrected chi connectivity index (χ1v) is 6.13. The molecule has 1 saturated carbocycles. The van der Waals surface area contributed by atoms with Crippen molar-refractivity contribution in [3.8, 4) is 11.8 Å². The molecule has 0 amide bonds. The van der Waals surface area contributed by atoms with Gasteiger partial charge in [-0.05, 0) is 38.7 Å². The fourth-order valence-corrected chi connectivity index (χ4v) is 1.98. The number of carbonyl (C=O) groups excluding carboxylic acids is 1. The molecule has 17 heavy (non-hydrogen) atoms. The van der Waals surface area contributed by atoms with E-state index in [4.69, 9.17) is 9.47 Å². The minimum absolute atomic E-state index is 0.308. The molecule has 3 heteroatoms. The van der Waals surface area contributed by atoms with Crippen molar-refractivity contribution in [2.45, 2.75) is 44.6 Å². The Bertz CT molecular complexity index is 327. The summed E-state index contributed by atoms with van der Waals surface area (Å²) < 4.78 is 10.3. The molecule has 0 aromatic heterocycles. The summed E-state index contributed by atoms with van der Waals surface area (Å²) in [5, 5.41) is 0. The van der Waals surface area contributed by atoms with E-state index in [0.29, 0.717) is 6.61 Å². The van der Waals surface area contributed by atoms with Crippen molar-refractivity contribution in [3.63, 3.8) is 0 Å². The first-order chi connectivity index (χ1) is 8.22. The third-order valence-electron chi connectivity index (χ3n) is 2.94. The number of hydrogen-bond donors (Lipinski definition) is 0. The Balaban J connectivity index is 2.53. The molecule has 0 saturated heterocycles. The molecule has 1 aliphatic rings. The number of ether oxygens (including phenoxy) is 2. The van der Waals surface area contributed by atoms with Crippen LogP contribution in [0.1, 0.15) is 39.0 Å². The molecule has 0 aromatic carbocycles. The minimum atomic E-state index is -0.350. The Morgan fingerprint density at radius 2 is 2.06 bits per heavy atom. The summed E-state index contributed by atoms with van der Waals surface area (Å²) >= 11 is 0. The standard InChI is InChI=1S/C14H20O3/c1-3-17-13(15)9-5-8-12-14(16-2)10-6-4-7-11-14/h5,9H,3-4,6-7,10-11H2,1-2H3/b9-5+. The van der Waals surface area contributed by atoms with Crippen LogP contribution in [0.3, 0.4) is 0 Å². The van der Waals surface area contributed by atoms with Gasteiger partial charge >= 0.3 is 5.97 Å². The molecule has 0 radical (unpaired) electrons. The summed E-state index contributed by atoms with van der Waals surface area (Å²) in [6.45, 7) is 2.16. The van der Waals surface area contributed by atoms with E-state index in [9.17, 15) is 4.79 Å². The number of hydrogen-bond acceptors (Lipinski definition) is 3. The van der Waals surface area contributed by atoms with Crippen molar-refractivity contribution in [3.05, 3.63) is 12.2 Å². The summed E-state index contributed by atoms with van der Waals surface area (Å²) in [6.07, 6.45) is 8.41. The summed E-state index contributed by atoms with van der Waals surface area (Å²) in [6, 6.07) is 0. The number of allylic oxidation sites excluding steroid dienone is 1. The Morgan fingerprint density at radius 1 is 1.35 bits per heavy atom. The summed E-state index contributed by atoms with van der Waals surface area (Å²) in [5.74, 6) is 5.65. The van der Waals surface area contributed by atoms with Crippen LogP contribution in [-0.4, -0.2) is 25.3 Å². The van der Waals surface area contributed by atoms with Gasteiger partial charge in [0.15, 0.2) is 0 Å². The molecule has 0 spiro atoms. The van der Waals surface area contributed by atoms with Gasteiger partial charge in [-0.2, -0.15) is 0 Å². The maximum Gasteiger partial charge on any atom is 0.331 e. The van der Waals surface area contributed by atoms with Crippen LogP contribution in [0, 0.1) is 11.8 Å². The summed E-state index contributed by atoms with van der Waals surface area (Å²) in [7, 11) is 1.70. The van der Waals surface area contributed by atoms with Crippen LogP contribution < -0.4 is 0 Å². The van der Waals surface area contributed by atoms with Gasteiger partial charge in [0.05, 0.1) is 6.61 Å². The first kappa shape index (κ1) is 13.8. The van der Waals surface area contributed by atoms with E-state index in [-0.39, 0.29) is 11.6 Å². The zero-order valence-corrected chi connectivity index (χ0v) is 10.6. The molecule has 1 rings (SSSR count). The smallest absolute Gasteiger partial charge is 0.331 e. The van der Waals surface area contributed by atoms with Gasteiger partial charge in [0, 0.05) is 13.2 Å². The molecular formula is C14H20O3. The molecule has 94 valence electrons. The van der Waals surface area contributed by atoms with Crippen molar-refractivity contribution in [2.24, 2.45) is 0 Å². The summed E-state index contributed by atoms with van der Waals surface area (Å²) in [4.78, 5) is 11.0. The Morgan fingerprint density at radius 3 is 2.65 bits per heavy atom. The van der Waals surface area contributed by atoms with Crippen molar-refractivity contribution < 1.29 is 14.3 Å². The zero-order valence-electron chi connectivity index (χ0n) is 10.6. The second-order valence-electron chi connectivity index (χ2n) is 4.11. The van der Waals surface area contributed by atoms with E-state index in [2.05, 4.69) is 11.8 Å². The summed E-state index contributed by atoms with van der Waals surface area (Å²) in [5.41, 5.74) is -0.308. The quantitative estimate of drug-likeness (QED) is 0.429. The molecule has 3 nitrogen and oxygen atoms in total. The number of esters is 1. The monoisotopic (exact) mass is 236 g/mol. The van der Waals surface area contributed by atoms with Crippen LogP contribution in [0.2, 0.25) is 0 Å². The molecule has 0 bridgehead atoms. The van der Waals surface area contributed by atoms with Crippen LogP contribution in [0.15, 0.2) is 12.2 Å². The topological polar surface area (TPSA) is 35.5 Å². The molecule has 0 heterocycles. The Hall–Kier alpha value is -1.27. The van der Waals surface area contributed by atoms with Crippen LogP contribution >= 0.6 is 0 Å². The highest BCUT2D eigenvalue weighted by atomic mass is 16.5. The van der Waals surface area contributed by atoms with E-state index in [0.717, 1.165) is 25.7 Å². The molecular weight excluding hydrogens is 216 g/mol. The van der Waals surface area contributed by atoms with Gasteiger partial charge in [-0.3, -0.25) is 0 Å². The third kappa shape index (κ3) is 4.62. The van der Waals surface area contributed by atoms with Gasteiger partial charge in [-0.25, -0.2) is 4.79 Å². The van der Waals surface area contributed by atoms with Crippen LogP contribution in [-0.2, 0) is 14.3 Å². The van der Waals surface area contributed by atoms with Crippen molar-refractivity contribution >= 4 is 5.97 Å². The second-order valence-corrected chi connectivity index (χ2v) is 4.11. The predicted molar refractivity (Wildman–Crippen MR) is 66.4 cm³/mol. The number of rotatable bonds is 3. The van der Waals surface area contributed by atoms with E-state index in [1.54, 1.807) is 14.0 Å². The molecule has 0 atom stereocenters. The normalized spacial score (nSPS) is 18.5. The SMILES string of the molecule is CCOC(=O)/C=C/C#CC1(OC)CCCCC1. The van der Waals surface area contributed by atoms with E-state index in [1.165, 1.54) is 18.6 Å². The minimum Gasteiger partial charge on any atom is -0.463 e. The maximum atomic E-state index is 11.0. The van der Waals surface area contributed by atoms with Gasteiger partial charge in [0.2, 0.25) is 0 Å². The van der Waals surface area contributed by atoms with E-state index < -0.39 is 0 Å². The van der Waals surface area contributed by atoms with Gasteiger partial charge in [-0.15, -0.1) is 0 Å². The Labute approximate surface area is 103 Å². The predicted octanol–water partition coefficient (Wildman–Crippen LogP) is 2.46. The third-order valence-corrected chi connectivity index (χ3v) is 2.94. The average molecular weight is 236 g/mol. The molecule has 1 fully saturated rings. The number of carbonyl (C=O) groups is 1. The van der Waals surface area contributed by atoms with Gasteiger partial charge in [0.25, 0.3) is 0 Å². The van der Waals surface area contributed by atoms with Gasteiger partial charge in [0.1, 0.15) is 5.60 Å². The fourth-order valence-electron chi connectivity index (χ4n) is 1.98. The van der Waals surface area contributed by atoms with Crippen LogP contribution in [0.4, 0.5) is 0 Å². The second kappa shape index (κ2) is 7.13. The first-order valence-electron chi connectivity index (χ1n) is 6.13. The molecule has 1 aliphatic carbocycles. The van der Waals surface area contributed by atoms with E-state index >= 15 is 0 Å². The Kier molecular flexibility index (Phi) is 5.79. The lowest BCUT2D eigenvalue weighted by Crippen LogP contribution is -2.31. The lowest BCUT2D eigenvalue weighted by atomic mass is 9.85. The molecule has 0 aliphatic heterocycles. The average Bonchev–Trinajstić information content (AvgIpc) is 2.36. The molecule has 0 unspecified atom stereocenters. The van der Waals surface area contributed by atoms with Crippen molar-refractivity contribution in [1.29, 1.82) is 0 Å². The van der Waals surface area contributed by atoms with Gasteiger partial charge < -0.3 is 9.47 Å². The van der Waals surface area contributed by atoms with Crippen LogP contribution in [0.25, 0.3) is 0 Å². The molecule has 0 N–H and O–H groups in total. The highest BCUT2D eigenvalue weighted by Crippen LogP contribution is 2.30. The van der Waals surface area contributed by atoms with Crippen LogP contribution in [0.5, 0.6) is 0 Å². The highest BCUT2D eigenvalue weighted by Gasteiger charge is 2.29. The van der Waals surface area contributed by atoms with Crippen molar-refractivity contribution in [1.82, 2.24) is 0 Å². The lowest BCUT2D eigenvalue weighted by molar-refractivity contribution is -0.137.